The molecule has 18 heavy (non-hydrogen) atoms. The fourth-order valence-electron chi connectivity index (χ4n) is 2.78. The lowest BCUT2D eigenvalue weighted by molar-refractivity contribution is -0.150. The largest absolute Gasteiger partial charge is 0.481 e. The summed E-state index contributed by atoms with van der Waals surface area (Å²) in [5, 5.41) is 18.2. The van der Waals surface area contributed by atoms with Gasteiger partial charge in [-0.25, -0.2) is 0 Å². The number of nitrogens with zero attached hydrogens (tertiary/aromatic N) is 1. The van der Waals surface area contributed by atoms with Crippen molar-refractivity contribution >= 4 is 11.9 Å². The lowest BCUT2D eigenvalue weighted by atomic mass is 9.94. The average molecular weight is 257 g/mol. The Bertz CT molecular complexity index is 316. The SMILES string of the molecule is CC1C[C@H](C(=O)N(CCO)C(C)C)[C@H](C(=O)O)C1. The predicted octanol–water partition coefficient (Wildman–Crippen LogP) is 0.963. The number of hydrogen-bond acceptors (Lipinski definition) is 3. The van der Waals surface area contributed by atoms with E-state index < -0.39 is 17.8 Å². The highest BCUT2D eigenvalue weighted by Crippen LogP contribution is 2.37. The van der Waals surface area contributed by atoms with Crippen molar-refractivity contribution in [1.82, 2.24) is 4.90 Å². The lowest BCUT2D eigenvalue weighted by Crippen LogP contribution is -2.44. The van der Waals surface area contributed by atoms with Crippen LogP contribution in [0.5, 0.6) is 0 Å². The molecule has 1 aliphatic rings. The Morgan fingerprint density at radius 3 is 2.28 bits per heavy atom. The molecule has 1 unspecified atom stereocenters. The molecule has 5 nitrogen and oxygen atoms in total. The van der Waals surface area contributed by atoms with Crippen LogP contribution in [0.4, 0.5) is 0 Å². The van der Waals surface area contributed by atoms with Crippen molar-refractivity contribution in [3.8, 4) is 0 Å². The van der Waals surface area contributed by atoms with Gasteiger partial charge < -0.3 is 15.1 Å². The Labute approximate surface area is 108 Å². The number of aliphatic hydroxyl groups is 1. The van der Waals surface area contributed by atoms with Gasteiger partial charge in [0.1, 0.15) is 0 Å². The average Bonchev–Trinajstić information content (AvgIpc) is 2.67. The van der Waals surface area contributed by atoms with Crippen molar-refractivity contribution in [3.63, 3.8) is 0 Å². The van der Waals surface area contributed by atoms with E-state index in [2.05, 4.69) is 0 Å². The Morgan fingerprint density at radius 2 is 1.83 bits per heavy atom. The van der Waals surface area contributed by atoms with E-state index in [-0.39, 0.29) is 31.0 Å². The predicted molar refractivity (Wildman–Crippen MR) is 66.9 cm³/mol. The smallest absolute Gasteiger partial charge is 0.307 e. The van der Waals surface area contributed by atoms with Crippen LogP contribution in [0.15, 0.2) is 0 Å². The summed E-state index contributed by atoms with van der Waals surface area (Å²) in [6, 6.07) is -0.0185. The molecule has 104 valence electrons. The molecule has 1 aliphatic carbocycles. The van der Waals surface area contributed by atoms with Crippen LogP contribution in [0, 0.1) is 17.8 Å². The van der Waals surface area contributed by atoms with E-state index in [0.29, 0.717) is 12.8 Å². The molecule has 0 spiro atoms. The summed E-state index contributed by atoms with van der Waals surface area (Å²) < 4.78 is 0. The van der Waals surface area contributed by atoms with Crippen LogP contribution in [0.3, 0.4) is 0 Å². The molecule has 0 aromatic carbocycles. The first-order valence-electron chi connectivity index (χ1n) is 6.52. The van der Waals surface area contributed by atoms with Crippen LogP contribution >= 0.6 is 0 Å². The standard InChI is InChI=1S/C13H23NO4/c1-8(2)14(4-5-15)12(16)10-6-9(3)7-11(10)13(17)18/h8-11,15H,4-7H2,1-3H3,(H,17,18)/t9?,10-,11+/m0/s1. The van der Waals surface area contributed by atoms with Crippen molar-refractivity contribution < 1.29 is 19.8 Å². The van der Waals surface area contributed by atoms with E-state index in [9.17, 15) is 14.7 Å². The van der Waals surface area contributed by atoms with Crippen LogP contribution in [0.25, 0.3) is 0 Å². The van der Waals surface area contributed by atoms with Gasteiger partial charge >= 0.3 is 5.97 Å². The summed E-state index contributed by atoms with van der Waals surface area (Å²) in [4.78, 5) is 25.2. The molecule has 0 radical (unpaired) electrons. The molecule has 0 aromatic rings. The Kier molecular flexibility index (Phi) is 5.14. The second-order valence-electron chi connectivity index (χ2n) is 5.48. The Morgan fingerprint density at radius 1 is 1.28 bits per heavy atom. The third-order valence-corrected chi connectivity index (χ3v) is 3.68. The summed E-state index contributed by atoms with van der Waals surface area (Å²) in [5.41, 5.74) is 0. The van der Waals surface area contributed by atoms with E-state index in [0.717, 1.165) is 0 Å². The van der Waals surface area contributed by atoms with Crippen molar-refractivity contribution in [2.45, 2.75) is 39.7 Å². The van der Waals surface area contributed by atoms with Gasteiger partial charge in [-0.2, -0.15) is 0 Å². The number of carboxylic acid groups (broad SMARTS) is 1. The van der Waals surface area contributed by atoms with Crippen molar-refractivity contribution in [1.29, 1.82) is 0 Å². The van der Waals surface area contributed by atoms with Gasteiger partial charge in [0, 0.05) is 12.6 Å². The summed E-state index contributed by atoms with van der Waals surface area (Å²) in [6.07, 6.45) is 1.20. The molecule has 1 saturated carbocycles. The Balaban J connectivity index is 2.83. The monoisotopic (exact) mass is 257 g/mol. The van der Waals surface area contributed by atoms with Gasteiger partial charge in [-0.1, -0.05) is 6.92 Å². The molecule has 5 heteroatoms. The minimum atomic E-state index is -0.884. The molecule has 0 bridgehead atoms. The van der Waals surface area contributed by atoms with Crippen molar-refractivity contribution in [2.24, 2.45) is 17.8 Å². The van der Waals surface area contributed by atoms with E-state index in [1.165, 1.54) is 0 Å². The number of carbonyl (C=O) groups is 2. The second-order valence-corrected chi connectivity index (χ2v) is 5.48. The van der Waals surface area contributed by atoms with Gasteiger partial charge in [-0.05, 0) is 32.6 Å². The van der Waals surface area contributed by atoms with Crippen LogP contribution in [-0.4, -0.2) is 46.2 Å². The molecule has 1 fully saturated rings. The van der Waals surface area contributed by atoms with E-state index in [1.54, 1.807) is 4.90 Å². The first-order valence-corrected chi connectivity index (χ1v) is 6.52. The molecular weight excluding hydrogens is 234 g/mol. The maximum Gasteiger partial charge on any atom is 0.307 e. The lowest BCUT2D eigenvalue weighted by Gasteiger charge is -2.30. The third-order valence-electron chi connectivity index (χ3n) is 3.68. The fraction of sp³-hybridized carbons (Fsp3) is 0.846. The van der Waals surface area contributed by atoms with E-state index >= 15 is 0 Å². The van der Waals surface area contributed by atoms with Gasteiger partial charge in [-0.3, -0.25) is 9.59 Å². The zero-order valence-corrected chi connectivity index (χ0v) is 11.3. The van der Waals surface area contributed by atoms with Gasteiger partial charge in [0.05, 0.1) is 18.4 Å². The molecule has 1 rings (SSSR count). The van der Waals surface area contributed by atoms with Crippen LogP contribution < -0.4 is 0 Å². The number of carbonyl (C=O) groups excluding carboxylic acids is 1. The molecule has 1 amide bonds. The second kappa shape index (κ2) is 6.18. The van der Waals surface area contributed by atoms with Crippen LogP contribution in [0.2, 0.25) is 0 Å². The van der Waals surface area contributed by atoms with Crippen LogP contribution in [0.1, 0.15) is 33.6 Å². The quantitative estimate of drug-likeness (QED) is 0.769. The Hall–Kier alpha value is -1.10. The number of hydrogen-bond donors (Lipinski definition) is 2. The molecule has 0 aliphatic heterocycles. The first kappa shape index (κ1) is 15.0. The summed E-state index contributed by atoms with van der Waals surface area (Å²) in [7, 11) is 0. The maximum absolute atomic E-state index is 12.4. The van der Waals surface area contributed by atoms with E-state index in [4.69, 9.17) is 5.11 Å². The zero-order chi connectivity index (χ0) is 13.9. The molecule has 0 saturated heterocycles. The molecule has 0 aromatic heterocycles. The molecule has 2 N–H and O–H groups in total. The van der Waals surface area contributed by atoms with Crippen molar-refractivity contribution in [2.75, 3.05) is 13.2 Å². The normalized spacial score (nSPS) is 27.5. The highest BCUT2D eigenvalue weighted by molar-refractivity contribution is 5.85. The summed E-state index contributed by atoms with van der Waals surface area (Å²) in [6.45, 7) is 5.91. The van der Waals surface area contributed by atoms with Gasteiger partial charge in [-0.15, -0.1) is 0 Å². The summed E-state index contributed by atoms with van der Waals surface area (Å²) in [5.74, 6) is -1.76. The molecule has 0 heterocycles. The zero-order valence-electron chi connectivity index (χ0n) is 11.3. The number of amides is 1. The van der Waals surface area contributed by atoms with Gasteiger partial charge in [0.2, 0.25) is 5.91 Å². The van der Waals surface area contributed by atoms with Gasteiger partial charge in [0.15, 0.2) is 0 Å². The highest BCUT2D eigenvalue weighted by atomic mass is 16.4. The highest BCUT2D eigenvalue weighted by Gasteiger charge is 2.43. The number of rotatable bonds is 5. The number of carboxylic acids is 1. The fourth-order valence-corrected chi connectivity index (χ4v) is 2.78. The minimum absolute atomic E-state index is 0.0185. The number of aliphatic carboxylic acids is 1. The number of aliphatic hydroxyl groups excluding tert-OH is 1. The molecular formula is C13H23NO4. The van der Waals surface area contributed by atoms with Crippen molar-refractivity contribution in [3.05, 3.63) is 0 Å². The minimum Gasteiger partial charge on any atom is -0.481 e. The van der Waals surface area contributed by atoms with Gasteiger partial charge in [0.25, 0.3) is 0 Å². The third kappa shape index (κ3) is 3.22. The topological polar surface area (TPSA) is 77.8 Å². The molecule has 3 atom stereocenters. The summed E-state index contributed by atoms with van der Waals surface area (Å²) >= 11 is 0. The maximum atomic E-state index is 12.4. The van der Waals surface area contributed by atoms with E-state index in [1.807, 2.05) is 20.8 Å². The first-order chi connectivity index (χ1) is 8.38. The van der Waals surface area contributed by atoms with Crippen LogP contribution in [-0.2, 0) is 9.59 Å².